The Morgan fingerprint density at radius 1 is 1.17 bits per heavy atom. The Kier molecular flexibility index (Phi) is 3.23. The molecule has 1 aliphatic heterocycles. The molecule has 1 aromatic rings. The predicted octanol–water partition coefficient (Wildman–Crippen LogP) is 1.31. The number of benzene rings is 1. The van der Waals surface area contributed by atoms with Crippen molar-refractivity contribution in [1.29, 1.82) is 0 Å². The highest BCUT2D eigenvalue weighted by molar-refractivity contribution is 6.21. The number of imide groups is 1. The van der Waals surface area contributed by atoms with E-state index in [9.17, 15) is 14.4 Å². The molecule has 1 heterocycles. The standard InChI is InChI=1S/C13H11NO4/c15-11(16)7-3-4-8-14-12(17)9-5-1-2-6-10(9)13(14)18/h1-3,5-7H,4,8H2,(H,15,16). The highest BCUT2D eigenvalue weighted by atomic mass is 16.4. The largest absolute Gasteiger partial charge is 0.478 e. The highest BCUT2D eigenvalue weighted by Crippen LogP contribution is 2.22. The summed E-state index contributed by atoms with van der Waals surface area (Å²) in [5.74, 6) is -1.68. The predicted molar refractivity (Wildman–Crippen MR) is 63.2 cm³/mol. The molecule has 5 heteroatoms. The molecule has 2 rings (SSSR count). The quantitative estimate of drug-likeness (QED) is 0.641. The van der Waals surface area contributed by atoms with E-state index in [0.29, 0.717) is 17.5 Å². The second-order valence-corrected chi connectivity index (χ2v) is 3.84. The minimum absolute atomic E-state index is 0.191. The number of fused-ring (bicyclic) bond motifs is 1. The lowest BCUT2D eigenvalue weighted by Crippen LogP contribution is -2.30. The van der Waals surface area contributed by atoms with Crippen molar-refractivity contribution < 1.29 is 19.5 Å². The lowest BCUT2D eigenvalue weighted by Gasteiger charge is -2.11. The molecule has 0 unspecified atom stereocenters. The Morgan fingerprint density at radius 2 is 1.72 bits per heavy atom. The molecule has 5 nitrogen and oxygen atoms in total. The van der Waals surface area contributed by atoms with E-state index in [1.807, 2.05) is 0 Å². The highest BCUT2D eigenvalue weighted by Gasteiger charge is 2.34. The molecule has 2 amide bonds. The van der Waals surface area contributed by atoms with E-state index in [4.69, 9.17) is 5.11 Å². The van der Waals surface area contributed by atoms with Gasteiger partial charge in [-0.2, -0.15) is 0 Å². The van der Waals surface area contributed by atoms with Crippen LogP contribution in [0.5, 0.6) is 0 Å². The number of carboxylic acids is 1. The SMILES string of the molecule is O=C(O)C=CCCN1C(=O)c2ccccc2C1=O. The summed E-state index contributed by atoms with van der Waals surface area (Å²) in [4.78, 5) is 35.2. The fourth-order valence-corrected chi connectivity index (χ4v) is 1.83. The molecule has 92 valence electrons. The first-order valence-electron chi connectivity index (χ1n) is 5.46. The molecule has 0 spiro atoms. The van der Waals surface area contributed by atoms with Crippen molar-refractivity contribution in [2.75, 3.05) is 6.54 Å². The summed E-state index contributed by atoms with van der Waals surface area (Å²) in [6.45, 7) is 0.191. The van der Waals surface area contributed by atoms with Gasteiger partial charge >= 0.3 is 5.97 Å². The van der Waals surface area contributed by atoms with Crippen molar-refractivity contribution in [3.8, 4) is 0 Å². The van der Waals surface area contributed by atoms with Gasteiger partial charge < -0.3 is 5.11 Å². The monoisotopic (exact) mass is 245 g/mol. The van der Waals surface area contributed by atoms with Crippen LogP contribution in [0.1, 0.15) is 27.1 Å². The molecular weight excluding hydrogens is 234 g/mol. The van der Waals surface area contributed by atoms with Crippen molar-refractivity contribution >= 4 is 17.8 Å². The van der Waals surface area contributed by atoms with E-state index in [1.165, 1.54) is 6.08 Å². The number of rotatable bonds is 4. The summed E-state index contributed by atoms with van der Waals surface area (Å²) in [5, 5.41) is 8.42. The lowest BCUT2D eigenvalue weighted by atomic mass is 10.1. The minimum atomic E-state index is -1.04. The third kappa shape index (κ3) is 2.15. The molecule has 0 aliphatic carbocycles. The molecule has 1 N–H and O–H groups in total. The van der Waals surface area contributed by atoms with E-state index >= 15 is 0 Å². The maximum absolute atomic E-state index is 11.9. The smallest absolute Gasteiger partial charge is 0.327 e. The van der Waals surface area contributed by atoms with Crippen LogP contribution in [0, 0.1) is 0 Å². The molecule has 0 saturated carbocycles. The van der Waals surface area contributed by atoms with E-state index in [0.717, 1.165) is 11.0 Å². The normalized spacial score (nSPS) is 14.3. The number of hydrogen-bond donors (Lipinski definition) is 1. The van der Waals surface area contributed by atoms with Crippen molar-refractivity contribution in [2.45, 2.75) is 6.42 Å². The fraction of sp³-hybridized carbons (Fsp3) is 0.154. The summed E-state index contributed by atoms with van der Waals surface area (Å²) in [6, 6.07) is 6.64. The first-order valence-corrected chi connectivity index (χ1v) is 5.46. The van der Waals surface area contributed by atoms with Gasteiger partial charge in [-0.1, -0.05) is 18.2 Å². The van der Waals surface area contributed by atoms with Crippen molar-refractivity contribution in [3.05, 3.63) is 47.5 Å². The van der Waals surface area contributed by atoms with Crippen LogP contribution >= 0.6 is 0 Å². The summed E-state index contributed by atoms with van der Waals surface area (Å²) < 4.78 is 0. The number of carboxylic acid groups (broad SMARTS) is 1. The molecule has 0 radical (unpaired) electrons. The van der Waals surface area contributed by atoms with Gasteiger partial charge in [0, 0.05) is 12.6 Å². The molecule has 1 aliphatic rings. The van der Waals surface area contributed by atoms with Crippen LogP contribution < -0.4 is 0 Å². The van der Waals surface area contributed by atoms with Gasteiger partial charge in [-0.15, -0.1) is 0 Å². The van der Waals surface area contributed by atoms with Gasteiger partial charge in [0.25, 0.3) is 11.8 Å². The molecular formula is C13H11NO4. The van der Waals surface area contributed by atoms with Crippen LogP contribution in [-0.2, 0) is 4.79 Å². The summed E-state index contributed by atoms with van der Waals surface area (Å²) in [6.07, 6.45) is 2.75. The van der Waals surface area contributed by atoms with Crippen LogP contribution in [0.4, 0.5) is 0 Å². The number of carbonyl (C=O) groups excluding carboxylic acids is 2. The Labute approximate surface area is 103 Å². The third-order valence-corrected chi connectivity index (χ3v) is 2.66. The maximum Gasteiger partial charge on any atom is 0.327 e. The molecule has 0 aromatic heterocycles. The second kappa shape index (κ2) is 4.83. The maximum atomic E-state index is 11.9. The Balaban J connectivity index is 2.07. The Morgan fingerprint density at radius 3 is 2.22 bits per heavy atom. The summed E-state index contributed by atoms with van der Waals surface area (Å²) in [5.41, 5.74) is 0.814. The van der Waals surface area contributed by atoms with Crippen molar-refractivity contribution in [3.63, 3.8) is 0 Å². The molecule has 18 heavy (non-hydrogen) atoms. The Bertz CT molecular complexity index is 513. The van der Waals surface area contributed by atoms with Crippen LogP contribution in [0.15, 0.2) is 36.4 Å². The van der Waals surface area contributed by atoms with Gasteiger partial charge in [0.05, 0.1) is 11.1 Å². The first-order chi connectivity index (χ1) is 8.61. The molecule has 0 bridgehead atoms. The molecule has 0 fully saturated rings. The van der Waals surface area contributed by atoms with E-state index < -0.39 is 5.97 Å². The average molecular weight is 245 g/mol. The Hall–Kier alpha value is -2.43. The summed E-state index contributed by atoms with van der Waals surface area (Å²) >= 11 is 0. The van der Waals surface area contributed by atoms with Crippen molar-refractivity contribution in [2.24, 2.45) is 0 Å². The zero-order chi connectivity index (χ0) is 13.1. The minimum Gasteiger partial charge on any atom is -0.478 e. The number of aliphatic carboxylic acids is 1. The zero-order valence-corrected chi connectivity index (χ0v) is 9.50. The topological polar surface area (TPSA) is 74.7 Å². The van der Waals surface area contributed by atoms with E-state index in [1.54, 1.807) is 24.3 Å². The number of hydrogen-bond acceptors (Lipinski definition) is 3. The average Bonchev–Trinajstić information content (AvgIpc) is 2.59. The first kappa shape index (κ1) is 12.0. The third-order valence-electron chi connectivity index (χ3n) is 2.66. The number of nitrogens with zero attached hydrogens (tertiary/aromatic N) is 1. The summed E-state index contributed by atoms with van der Waals surface area (Å²) in [7, 11) is 0. The van der Waals surface area contributed by atoms with Crippen LogP contribution in [0.2, 0.25) is 0 Å². The van der Waals surface area contributed by atoms with E-state index in [-0.39, 0.29) is 18.4 Å². The van der Waals surface area contributed by atoms with Crippen molar-refractivity contribution in [1.82, 2.24) is 4.90 Å². The van der Waals surface area contributed by atoms with Gasteiger partial charge in [-0.05, 0) is 18.6 Å². The number of amides is 2. The zero-order valence-electron chi connectivity index (χ0n) is 9.50. The van der Waals surface area contributed by atoms with Gasteiger partial charge in [0.1, 0.15) is 0 Å². The van der Waals surface area contributed by atoms with Crippen LogP contribution in [0.25, 0.3) is 0 Å². The van der Waals surface area contributed by atoms with Gasteiger partial charge in [-0.25, -0.2) is 4.79 Å². The van der Waals surface area contributed by atoms with Crippen LogP contribution in [-0.4, -0.2) is 34.3 Å². The molecule has 0 saturated heterocycles. The van der Waals surface area contributed by atoms with Gasteiger partial charge in [0.15, 0.2) is 0 Å². The van der Waals surface area contributed by atoms with Crippen LogP contribution in [0.3, 0.4) is 0 Å². The lowest BCUT2D eigenvalue weighted by molar-refractivity contribution is -0.131. The van der Waals surface area contributed by atoms with Gasteiger partial charge in [-0.3, -0.25) is 14.5 Å². The fourth-order valence-electron chi connectivity index (χ4n) is 1.83. The number of carbonyl (C=O) groups is 3. The molecule has 0 atom stereocenters. The second-order valence-electron chi connectivity index (χ2n) is 3.84. The van der Waals surface area contributed by atoms with Gasteiger partial charge in [0.2, 0.25) is 0 Å². The van der Waals surface area contributed by atoms with E-state index in [2.05, 4.69) is 0 Å². The molecule has 1 aromatic carbocycles.